The monoisotopic (exact) mass is 498 g/mol. The number of hydrogen-bond donors (Lipinski definition) is 1. The molecule has 200 valence electrons. The fourth-order valence-electron chi connectivity index (χ4n) is 9.17. The molecule has 1 saturated heterocycles. The second kappa shape index (κ2) is 10.6. The lowest BCUT2D eigenvalue weighted by Crippen LogP contribution is -2.41. The van der Waals surface area contributed by atoms with Gasteiger partial charge in [0.2, 0.25) is 0 Å². The Hall–Kier alpha value is -1.69. The molecule has 6 heteroatoms. The van der Waals surface area contributed by atoms with Crippen molar-refractivity contribution in [3.63, 3.8) is 0 Å². The number of nitrogens with one attached hydrogen (secondary N) is 1. The van der Waals surface area contributed by atoms with Crippen LogP contribution < -0.4 is 5.32 Å². The van der Waals surface area contributed by atoms with Crippen LogP contribution in [0.1, 0.15) is 104 Å². The Morgan fingerprint density at radius 3 is 2.72 bits per heavy atom. The van der Waals surface area contributed by atoms with Crippen LogP contribution in [0.25, 0.3) is 0 Å². The van der Waals surface area contributed by atoms with Gasteiger partial charge in [-0.05, 0) is 119 Å². The molecule has 36 heavy (non-hydrogen) atoms. The van der Waals surface area contributed by atoms with E-state index in [0.717, 1.165) is 44.4 Å². The zero-order valence-electron chi connectivity index (χ0n) is 22.7. The summed E-state index contributed by atoms with van der Waals surface area (Å²) in [5.74, 6) is 2.72. The van der Waals surface area contributed by atoms with E-state index in [9.17, 15) is 9.59 Å². The van der Waals surface area contributed by atoms with Crippen molar-refractivity contribution in [2.75, 3.05) is 13.2 Å². The van der Waals surface area contributed by atoms with E-state index < -0.39 is 6.16 Å². The summed E-state index contributed by atoms with van der Waals surface area (Å²) in [5.41, 5.74) is 2.75. The highest BCUT2D eigenvalue weighted by atomic mass is 16.8. The van der Waals surface area contributed by atoms with Crippen LogP contribution in [0, 0.1) is 34.5 Å². The van der Waals surface area contributed by atoms with Crippen LogP contribution in [-0.2, 0) is 14.4 Å². The molecule has 1 N–H and O–H groups in total. The zero-order chi connectivity index (χ0) is 25.3. The van der Waals surface area contributed by atoms with Gasteiger partial charge in [0, 0.05) is 18.4 Å². The lowest BCUT2D eigenvalue weighted by molar-refractivity contribution is -0.116. The highest BCUT2D eigenvalue weighted by Gasteiger charge is 2.56. The first-order valence-electron chi connectivity index (χ1n) is 14.7. The molecule has 0 aromatic carbocycles. The molecule has 0 aromatic rings. The maximum atomic E-state index is 12.2. The summed E-state index contributed by atoms with van der Waals surface area (Å²) in [6.07, 6.45) is 15.8. The molecule has 1 aliphatic heterocycles. The van der Waals surface area contributed by atoms with E-state index in [2.05, 4.69) is 24.3 Å². The Morgan fingerprint density at radius 2 is 1.92 bits per heavy atom. The largest absolute Gasteiger partial charge is 0.535 e. The van der Waals surface area contributed by atoms with Gasteiger partial charge in [-0.1, -0.05) is 31.0 Å². The Balaban J connectivity index is 1.25. The second-order valence-corrected chi connectivity index (χ2v) is 12.9. The van der Waals surface area contributed by atoms with Crippen molar-refractivity contribution in [1.82, 2.24) is 5.32 Å². The fraction of sp³-hybridized carbons (Fsp3) is 0.833. The predicted octanol–water partition coefficient (Wildman–Crippen LogP) is 6.59. The molecule has 3 saturated carbocycles. The van der Waals surface area contributed by atoms with Crippen LogP contribution in [0.2, 0.25) is 0 Å². The zero-order valence-corrected chi connectivity index (χ0v) is 22.7. The van der Waals surface area contributed by atoms with Crippen molar-refractivity contribution in [3.05, 3.63) is 11.6 Å². The van der Waals surface area contributed by atoms with Gasteiger partial charge in [0.1, 0.15) is 0 Å². The fourth-order valence-corrected chi connectivity index (χ4v) is 9.17. The minimum atomic E-state index is -0.684. The van der Waals surface area contributed by atoms with E-state index in [1.54, 1.807) is 0 Å². The molecule has 0 aromatic heterocycles. The Morgan fingerprint density at radius 1 is 1.06 bits per heavy atom. The highest BCUT2D eigenvalue weighted by Crippen LogP contribution is 2.64. The minimum absolute atomic E-state index is 0.183. The van der Waals surface area contributed by atoms with Crippen LogP contribution in [-0.4, -0.2) is 36.8 Å². The van der Waals surface area contributed by atoms with Crippen molar-refractivity contribution in [3.8, 4) is 0 Å². The van der Waals surface area contributed by atoms with Gasteiger partial charge in [-0.15, -0.1) is 0 Å². The third kappa shape index (κ3) is 4.91. The van der Waals surface area contributed by atoms with Crippen molar-refractivity contribution < 1.29 is 19.2 Å². The molecular weight excluding hydrogens is 452 g/mol. The van der Waals surface area contributed by atoms with E-state index in [1.165, 1.54) is 50.5 Å². The van der Waals surface area contributed by atoms with Gasteiger partial charge < -0.3 is 10.1 Å². The Kier molecular flexibility index (Phi) is 7.63. The van der Waals surface area contributed by atoms with E-state index in [0.29, 0.717) is 48.5 Å². The van der Waals surface area contributed by atoms with Crippen LogP contribution in [0.4, 0.5) is 4.79 Å². The maximum absolute atomic E-state index is 12.2. The van der Waals surface area contributed by atoms with E-state index >= 15 is 0 Å². The van der Waals surface area contributed by atoms with Crippen molar-refractivity contribution >= 4 is 17.7 Å². The first kappa shape index (κ1) is 25.9. The summed E-state index contributed by atoms with van der Waals surface area (Å²) in [4.78, 5) is 29.6. The summed E-state index contributed by atoms with van der Waals surface area (Å²) in [6, 6.07) is 0.449. The number of carbonyl (C=O) groups is 2. The van der Waals surface area contributed by atoms with Crippen molar-refractivity contribution in [2.24, 2.45) is 39.7 Å². The molecule has 5 rings (SSSR count). The van der Waals surface area contributed by atoms with Gasteiger partial charge >= 0.3 is 6.16 Å². The molecule has 5 aliphatic rings. The summed E-state index contributed by atoms with van der Waals surface area (Å²) in [6.45, 7) is 8.42. The highest BCUT2D eigenvalue weighted by molar-refractivity contribution is 5.91. The van der Waals surface area contributed by atoms with Crippen LogP contribution in [0.15, 0.2) is 16.8 Å². The molecule has 7 atom stereocenters. The molecule has 4 fully saturated rings. The van der Waals surface area contributed by atoms with Gasteiger partial charge in [-0.3, -0.25) is 9.63 Å². The molecule has 0 amide bonds. The number of ketones is 1. The SMILES string of the molecule is C/C(=N\OC(=O)OCCC1CCCN1)[C@H]1CC[C@H]2[C@@H]3CCCC4=CC(=O)CC[C@]4(C)[C@H]3CCC[C@]12C. The van der Waals surface area contributed by atoms with E-state index in [4.69, 9.17) is 9.57 Å². The Labute approximate surface area is 217 Å². The van der Waals surface area contributed by atoms with Gasteiger partial charge in [-0.2, -0.15) is 0 Å². The van der Waals surface area contributed by atoms with Gasteiger partial charge in [0.15, 0.2) is 5.78 Å². The number of ether oxygens (including phenoxy) is 1. The topological polar surface area (TPSA) is 77.0 Å². The molecule has 1 heterocycles. The molecule has 0 spiro atoms. The van der Waals surface area contributed by atoms with Crippen LogP contribution in [0.5, 0.6) is 0 Å². The molecule has 0 radical (unpaired) electrons. The number of fused-ring (bicyclic) bond motifs is 5. The third-order valence-corrected chi connectivity index (χ3v) is 11.1. The average molecular weight is 499 g/mol. The first-order chi connectivity index (χ1) is 17.3. The molecule has 1 unspecified atom stereocenters. The predicted molar refractivity (Wildman–Crippen MR) is 141 cm³/mol. The normalized spacial score (nSPS) is 40.9. The summed E-state index contributed by atoms with van der Waals surface area (Å²) < 4.78 is 5.28. The molecular formula is C30H46N2O4. The lowest BCUT2D eigenvalue weighted by atomic mass is 9.58. The van der Waals surface area contributed by atoms with Gasteiger partial charge in [0.05, 0.1) is 12.3 Å². The van der Waals surface area contributed by atoms with Crippen molar-refractivity contribution in [1.29, 1.82) is 0 Å². The number of oxime groups is 1. The molecule has 4 aliphatic carbocycles. The lowest BCUT2D eigenvalue weighted by Gasteiger charge is -2.46. The first-order valence-corrected chi connectivity index (χ1v) is 14.7. The van der Waals surface area contributed by atoms with E-state index in [-0.39, 0.29) is 10.8 Å². The van der Waals surface area contributed by atoms with Crippen LogP contribution in [0.3, 0.4) is 0 Å². The number of carbonyl (C=O) groups excluding carboxylic acids is 2. The van der Waals surface area contributed by atoms with E-state index in [1.807, 2.05) is 13.0 Å². The quantitative estimate of drug-likeness (QED) is 0.200. The summed E-state index contributed by atoms with van der Waals surface area (Å²) in [7, 11) is 0. The Bertz CT molecular complexity index is 907. The number of allylic oxidation sites excluding steroid dienone is 2. The standard InChI is InChI=1S/C30H46N2O4/c1-20(32-36-28(34)35-18-14-22-8-6-17-31-22)25-11-12-27-24-9-4-7-21-19-23(33)13-16-29(21,2)26(24)10-5-15-30(25,27)3/h19,22,24-27,31H,4-18H2,1-3H3/b32-20+/t22?,24-,25-,26+,27+,29+,30-/m1/s1. The third-order valence-electron chi connectivity index (χ3n) is 11.1. The molecule has 6 nitrogen and oxygen atoms in total. The van der Waals surface area contributed by atoms with Gasteiger partial charge in [0.25, 0.3) is 0 Å². The summed E-state index contributed by atoms with van der Waals surface area (Å²) >= 11 is 0. The number of hydrogen-bond acceptors (Lipinski definition) is 6. The molecule has 0 bridgehead atoms. The minimum Gasteiger partial charge on any atom is -0.433 e. The smallest absolute Gasteiger partial charge is 0.433 e. The van der Waals surface area contributed by atoms with Crippen molar-refractivity contribution in [2.45, 2.75) is 110 Å². The number of nitrogens with zero attached hydrogens (tertiary/aromatic N) is 1. The summed E-state index contributed by atoms with van der Waals surface area (Å²) in [5, 5.41) is 7.73. The number of rotatable bonds is 5. The average Bonchev–Trinajstić information content (AvgIpc) is 3.42. The van der Waals surface area contributed by atoms with Crippen LogP contribution >= 0.6 is 0 Å². The maximum Gasteiger partial charge on any atom is 0.535 e. The second-order valence-electron chi connectivity index (χ2n) is 12.9. The van der Waals surface area contributed by atoms with Gasteiger partial charge in [-0.25, -0.2) is 4.79 Å².